The topological polar surface area (TPSA) is 98.2 Å². The fourth-order valence-electron chi connectivity index (χ4n) is 4.82. The number of hydrogen-bond acceptors (Lipinski definition) is 5. The Bertz CT molecular complexity index is 1620. The number of rotatable bonds is 7. The summed E-state index contributed by atoms with van der Waals surface area (Å²) >= 11 is 0. The fourth-order valence-corrected chi connectivity index (χ4v) is 4.82. The van der Waals surface area contributed by atoms with Gasteiger partial charge in [0.05, 0.1) is 5.69 Å². The van der Waals surface area contributed by atoms with Crippen LogP contribution in [0.4, 0.5) is 0 Å². The highest BCUT2D eigenvalue weighted by molar-refractivity contribution is 5.91. The number of nitrogens with two attached hydrogens (primary N) is 1. The lowest BCUT2D eigenvalue weighted by Crippen LogP contribution is -2.43. The van der Waals surface area contributed by atoms with E-state index in [0.717, 1.165) is 59.2 Å². The summed E-state index contributed by atoms with van der Waals surface area (Å²) in [6, 6.07) is 18.3. The Kier molecular flexibility index (Phi) is 6.30. The molecular formula is C31H28N6O. The van der Waals surface area contributed by atoms with Crippen molar-refractivity contribution in [3.8, 4) is 11.3 Å². The van der Waals surface area contributed by atoms with Crippen LogP contribution in [0.2, 0.25) is 0 Å². The number of nitrogens with one attached hydrogen (secondary N) is 1. The molecule has 0 bridgehead atoms. The van der Waals surface area contributed by atoms with Crippen molar-refractivity contribution in [2.45, 2.75) is 31.2 Å². The van der Waals surface area contributed by atoms with Gasteiger partial charge in [0.1, 0.15) is 0 Å². The van der Waals surface area contributed by atoms with Gasteiger partial charge >= 0.3 is 0 Å². The van der Waals surface area contributed by atoms with Gasteiger partial charge in [0.25, 0.3) is 11.7 Å². The van der Waals surface area contributed by atoms with Crippen molar-refractivity contribution in [1.82, 2.24) is 24.9 Å². The van der Waals surface area contributed by atoms with Crippen LogP contribution in [-0.2, 0) is 12.0 Å². The SMILES string of the molecule is NC1(c2ccc(-c3nc4nc(C(=O)NCCc5ccccc5)nn4cc3C3=CC=CC=C=C3)cc2)CCC1. The molecule has 38 heavy (non-hydrogen) atoms. The summed E-state index contributed by atoms with van der Waals surface area (Å²) in [4.78, 5) is 22.1. The van der Waals surface area contributed by atoms with Gasteiger partial charge < -0.3 is 11.1 Å². The number of benzene rings is 2. The number of hydrogen-bond donors (Lipinski definition) is 2. The van der Waals surface area contributed by atoms with Crippen molar-refractivity contribution in [3.05, 3.63) is 119 Å². The zero-order valence-electron chi connectivity index (χ0n) is 21.0. The third kappa shape index (κ3) is 4.73. The highest BCUT2D eigenvalue weighted by atomic mass is 16.2. The summed E-state index contributed by atoms with van der Waals surface area (Å²) in [5.41, 5.74) is 15.3. The summed E-state index contributed by atoms with van der Waals surface area (Å²) in [5.74, 6) is 0.121. The first-order chi connectivity index (χ1) is 18.6. The summed E-state index contributed by atoms with van der Waals surface area (Å²) in [5, 5.41) is 7.36. The highest BCUT2D eigenvalue weighted by Gasteiger charge is 2.34. The van der Waals surface area contributed by atoms with Gasteiger partial charge in [0, 0.05) is 29.4 Å². The maximum Gasteiger partial charge on any atom is 0.291 e. The van der Waals surface area contributed by atoms with E-state index >= 15 is 0 Å². The van der Waals surface area contributed by atoms with Crippen molar-refractivity contribution in [2.24, 2.45) is 5.73 Å². The third-order valence-electron chi connectivity index (χ3n) is 7.18. The van der Waals surface area contributed by atoms with Gasteiger partial charge in [0.2, 0.25) is 5.82 Å². The van der Waals surface area contributed by atoms with Crippen LogP contribution in [0.3, 0.4) is 0 Å². The van der Waals surface area contributed by atoms with E-state index in [1.807, 2.05) is 66.9 Å². The second-order valence-corrected chi connectivity index (χ2v) is 9.75. The molecule has 0 spiro atoms. The molecular weight excluding hydrogens is 472 g/mol. The van der Waals surface area contributed by atoms with E-state index < -0.39 is 0 Å². The Morgan fingerprint density at radius 1 is 1.05 bits per heavy atom. The van der Waals surface area contributed by atoms with Gasteiger partial charge in [-0.05, 0) is 54.5 Å². The molecule has 0 unspecified atom stereocenters. The van der Waals surface area contributed by atoms with Crippen molar-refractivity contribution in [1.29, 1.82) is 0 Å². The van der Waals surface area contributed by atoms with Crippen molar-refractivity contribution in [2.75, 3.05) is 6.54 Å². The van der Waals surface area contributed by atoms with E-state index in [4.69, 9.17) is 10.7 Å². The van der Waals surface area contributed by atoms with Gasteiger partial charge in [-0.15, -0.1) is 10.8 Å². The third-order valence-corrected chi connectivity index (χ3v) is 7.18. The van der Waals surface area contributed by atoms with Crippen LogP contribution in [0.25, 0.3) is 22.6 Å². The zero-order valence-corrected chi connectivity index (χ0v) is 21.0. The molecule has 0 atom stereocenters. The molecule has 4 aromatic rings. The van der Waals surface area contributed by atoms with Gasteiger partial charge in [-0.2, -0.15) is 4.98 Å². The lowest BCUT2D eigenvalue weighted by Gasteiger charge is -2.38. The van der Waals surface area contributed by atoms with Crippen LogP contribution in [0.1, 0.15) is 46.6 Å². The Labute approximate surface area is 221 Å². The second kappa shape index (κ2) is 10.1. The summed E-state index contributed by atoms with van der Waals surface area (Å²) in [7, 11) is 0. The number of carbonyl (C=O) groups excluding carboxylic acids is 1. The van der Waals surface area contributed by atoms with E-state index in [1.54, 1.807) is 4.52 Å². The molecule has 6 rings (SSSR count). The Hall–Kier alpha value is -4.58. The maximum atomic E-state index is 12.8. The monoisotopic (exact) mass is 500 g/mol. The number of fused-ring (bicyclic) bond motifs is 1. The second-order valence-electron chi connectivity index (χ2n) is 9.75. The molecule has 2 aromatic heterocycles. The molecule has 7 nitrogen and oxygen atoms in total. The molecule has 7 heteroatoms. The first-order valence-corrected chi connectivity index (χ1v) is 12.9. The quantitative estimate of drug-likeness (QED) is 0.356. The van der Waals surface area contributed by atoms with Gasteiger partial charge in [0.15, 0.2) is 0 Å². The smallest absolute Gasteiger partial charge is 0.291 e. The van der Waals surface area contributed by atoms with Crippen LogP contribution in [-0.4, -0.2) is 32.0 Å². The van der Waals surface area contributed by atoms with E-state index in [9.17, 15) is 4.79 Å². The predicted molar refractivity (Wildman–Crippen MR) is 148 cm³/mol. The van der Waals surface area contributed by atoms with Gasteiger partial charge in [-0.25, -0.2) is 9.50 Å². The van der Waals surface area contributed by atoms with Crippen LogP contribution in [0.5, 0.6) is 0 Å². The predicted octanol–water partition coefficient (Wildman–Crippen LogP) is 4.77. The summed E-state index contributed by atoms with van der Waals surface area (Å²) in [6.07, 6.45) is 15.5. The first-order valence-electron chi connectivity index (χ1n) is 12.9. The molecule has 3 N–H and O–H groups in total. The average molecular weight is 501 g/mol. The molecule has 1 amide bonds. The molecule has 2 aromatic carbocycles. The molecule has 1 fully saturated rings. The zero-order chi connectivity index (χ0) is 26.0. The van der Waals surface area contributed by atoms with E-state index in [2.05, 4.69) is 45.4 Å². The van der Waals surface area contributed by atoms with Crippen LogP contribution < -0.4 is 11.1 Å². The van der Waals surface area contributed by atoms with E-state index in [-0.39, 0.29) is 17.3 Å². The number of amides is 1. The number of carbonyl (C=O) groups is 1. The van der Waals surface area contributed by atoms with Crippen LogP contribution in [0, 0.1) is 0 Å². The lowest BCUT2D eigenvalue weighted by molar-refractivity contribution is 0.0944. The molecule has 0 saturated heterocycles. The molecule has 0 aliphatic heterocycles. The first kappa shape index (κ1) is 23.8. The molecule has 2 aliphatic carbocycles. The van der Waals surface area contributed by atoms with E-state index in [0.29, 0.717) is 12.3 Å². The maximum absolute atomic E-state index is 12.8. The molecule has 188 valence electrons. The minimum atomic E-state index is -0.327. The van der Waals surface area contributed by atoms with Crippen molar-refractivity contribution >= 4 is 17.3 Å². The molecule has 0 radical (unpaired) electrons. The van der Waals surface area contributed by atoms with E-state index in [1.165, 1.54) is 0 Å². The van der Waals surface area contributed by atoms with Crippen LogP contribution >= 0.6 is 0 Å². The average Bonchev–Trinajstić information content (AvgIpc) is 3.16. The molecule has 1 saturated carbocycles. The number of aromatic nitrogens is 4. The lowest BCUT2D eigenvalue weighted by atomic mass is 9.72. The van der Waals surface area contributed by atoms with Crippen molar-refractivity contribution < 1.29 is 4.79 Å². The number of nitrogens with zero attached hydrogens (tertiary/aromatic N) is 4. The van der Waals surface area contributed by atoms with Gasteiger partial charge in [-0.1, -0.05) is 72.8 Å². The minimum Gasteiger partial charge on any atom is -0.349 e. The number of allylic oxidation sites excluding steroid dienone is 5. The van der Waals surface area contributed by atoms with Gasteiger partial charge in [-0.3, -0.25) is 4.79 Å². The summed E-state index contributed by atoms with van der Waals surface area (Å²) < 4.78 is 1.57. The Morgan fingerprint density at radius 3 is 2.63 bits per heavy atom. The van der Waals surface area contributed by atoms with Crippen molar-refractivity contribution in [3.63, 3.8) is 0 Å². The standard InChI is InChI=1S/C31H28N6O/c32-31(18-8-19-31)25-15-13-24(14-16-25)27-26(23-11-6-1-2-7-12-23)21-37-30(34-27)35-28(36-37)29(38)33-20-17-22-9-4-3-5-10-22/h1-6,9-16,21H,8,17-20,32H2,(H,33,38). The largest absolute Gasteiger partial charge is 0.349 e. The highest BCUT2D eigenvalue weighted by Crippen LogP contribution is 2.39. The Morgan fingerprint density at radius 2 is 1.87 bits per heavy atom. The fraction of sp³-hybridized carbons (Fsp3) is 0.194. The molecule has 2 heterocycles. The summed E-state index contributed by atoms with van der Waals surface area (Å²) in [6.45, 7) is 0.494. The van der Waals surface area contributed by atoms with Crippen LogP contribution in [0.15, 0.2) is 96.9 Å². The normalized spacial score (nSPS) is 15.7. The Balaban J connectivity index is 1.33. The molecule has 2 aliphatic rings. The minimum absolute atomic E-state index is 0.0873.